The van der Waals surface area contributed by atoms with E-state index >= 15 is 0 Å². The number of para-hydroxylation sites is 1. The summed E-state index contributed by atoms with van der Waals surface area (Å²) in [6.45, 7) is 18.1. The van der Waals surface area contributed by atoms with Gasteiger partial charge >= 0.3 is 0 Å². The summed E-state index contributed by atoms with van der Waals surface area (Å²) in [6, 6.07) is 8.69. The monoisotopic (exact) mass is 310 g/mol. The summed E-state index contributed by atoms with van der Waals surface area (Å²) in [5.74, 6) is 0. The van der Waals surface area contributed by atoms with Crippen molar-refractivity contribution in [3.8, 4) is 0 Å². The Bertz CT molecular complexity index is 364. The molecule has 3 nitrogen and oxygen atoms in total. The van der Waals surface area contributed by atoms with E-state index in [1.54, 1.807) is 0 Å². The van der Waals surface area contributed by atoms with E-state index in [9.17, 15) is 0 Å². The van der Waals surface area contributed by atoms with Crippen molar-refractivity contribution in [1.29, 1.82) is 0 Å². The summed E-state index contributed by atoms with van der Waals surface area (Å²) in [4.78, 5) is 0. The fourth-order valence-electron chi connectivity index (χ4n) is 1.85. The van der Waals surface area contributed by atoms with E-state index in [4.69, 9.17) is 4.74 Å². The lowest BCUT2D eigenvalue weighted by Crippen LogP contribution is -2.32. The van der Waals surface area contributed by atoms with E-state index in [0.29, 0.717) is 12.6 Å². The third kappa shape index (κ3) is 8.40. The minimum absolute atomic E-state index is 0.288. The van der Waals surface area contributed by atoms with Crippen molar-refractivity contribution in [2.24, 2.45) is 0 Å². The molecule has 0 saturated heterocycles. The smallest absolute Gasteiger partial charge is 0.0895 e. The quantitative estimate of drug-likeness (QED) is 0.741. The van der Waals surface area contributed by atoms with Crippen LogP contribution in [0.3, 0.4) is 0 Å². The molecule has 0 aromatic heterocycles. The van der Waals surface area contributed by atoms with Crippen LogP contribution in [0.25, 0.3) is 0 Å². The van der Waals surface area contributed by atoms with Crippen molar-refractivity contribution in [2.75, 3.05) is 25.5 Å². The maximum Gasteiger partial charge on any atom is 0.0895 e. The van der Waals surface area contributed by atoms with Crippen LogP contribution in [0.2, 0.25) is 0 Å². The van der Waals surface area contributed by atoms with Gasteiger partial charge < -0.3 is 15.4 Å². The maximum atomic E-state index is 6.05. The molecule has 0 aliphatic heterocycles. The van der Waals surface area contributed by atoms with Gasteiger partial charge in [-0.2, -0.15) is 0 Å². The molecule has 1 unspecified atom stereocenters. The Kier molecular flexibility index (Phi) is 14.3. The van der Waals surface area contributed by atoms with E-state index < -0.39 is 0 Å². The Hall–Kier alpha value is -1.06. The van der Waals surface area contributed by atoms with Crippen molar-refractivity contribution in [1.82, 2.24) is 5.32 Å². The highest BCUT2D eigenvalue weighted by molar-refractivity contribution is 5.53. The van der Waals surface area contributed by atoms with Crippen LogP contribution < -0.4 is 10.6 Å². The fourth-order valence-corrected chi connectivity index (χ4v) is 1.85. The third-order valence-electron chi connectivity index (χ3n) is 3.13. The van der Waals surface area contributed by atoms with Gasteiger partial charge in [-0.15, -0.1) is 0 Å². The topological polar surface area (TPSA) is 33.3 Å². The molecule has 0 amide bonds. The van der Waals surface area contributed by atoms with E-state index in [0.717, 1.165) is 12.2 Å². The summed E-state index contributed by atoms with van der Waals surface area (Å²) >= 11 is 0. The van der Waals surface area contributed by atoms with Gasteiger partial charge in [0.05, 0.1) is 12.2 Å². The predicted molar refractivity (Wildman–Crippen MR) is 101 cm³/mol. The van der Waals surface area contributed by atoms with Crippen LogP contribution in [0.5, 0.6) is 0 Å². The highest BCUT2D eigenvalue weighted by Gasteiger charge is 2.24. The van der Waals surface area contributed by atoms with Gasteiger partial charge in [0, 0.05) is 23.8 Å². The van der Waals surface area contributed by atoms with Gasteiger partial charge in [-0.05, 0) is 40.8 Å². The average Bonchev–Trinajstić information content (AvgIpc) is 2.57. The first-order chi connectivity index (χ1) is 10.5. The van der Waals surface area contributed by atoms with Crippen LogP contribution in [0.1, 0.15) is 61.0 Å². The minimum Gasteiger partial charge on any atom is -0.385 e. The summed E-state index contributed by atoms with van der Waals surface area (Å²) in [5.41, 5.74) is 2.07. The molecular weight excluding hydrogens is 272 g/mol. The second-order valence-electron chi connectivity index (χ2n) is 5.09. The second kappa shape index (κ2) is 13.6. The zero-order chi connectivity index (χ0) is 17.6. The zero-order valence-electron chi connectivity index (χ0n) is 16.2. The number of nitrogens with one attached hydrogen (secondary N) is 2. The van der Waals surface area contributed by atoms with Gasteiger partial charge in [0.1, 0.15) is 0 Å². The molecule has 1 rings (SSSR count). The average molecular weight is 311 g/mol. The number of benzene rings is 1. The maximum absolute atomic E-state index is 6.05. The van der Waals surface area contributed by atoms with Crippen LogP contribution in [0.15, 0.2) is 24.3 Å². The highest BCUT2D eigenvalue weighted by atomic mass is 16.5. The standard InChI is InChI=1S/C15H26N2O.2C2H6/c1-6-17-14-10-8-7-9-13(14)15(3,4)18-11-12(2)16-5;2*1-2/h7-10,12,16-17H,6,11H2,1-5H3;2*1-2H3. The molecule has 0 heterocycles. The Balaban J connectivity index is 0. The number of rotatable bonds is 7. The molecule has 0 bridgehead atoms. The molecule has 3 heteroatoms. The van der Waals surface area contributed by atoms with Gasteiger partial charge in [0.25, 0.3) is 0 Å². The van der Waals surface area contributed by atoms with Gasteiger partial charge in [-0.25, -0.2) is 0 Å². The van der Waals surface area contributed by atoms with E-state index in [1.165, 1.54) is 5.56 Å². The molecule has 1 atom stereocenters. The van der Waals surface area contributed by atoms with Crippen LogP contribution in [-0.4, -0.2) is 26.2 Å². The van der Waals surface area contributed by atoms with E-state index in [-0.39, 0.29) is 5.60 Å². The molecule has 2 N–H and O–H groups in total. The molecular formula is C19H38N2O. The second-order valence-corrected chi connectivity index (χ2v) is 5.09. The molecule has 0 radical (unpaired) electrons. The molecule has 1 aromatic carbocycles. The molecule has 22 heavy (non-hydrogen) atoms. The number of likely N-dealkylation sites (N-methyl/N-ethyl adjacent to an activating group) is 1. The van der Waals surface area contributed by atoms with Crippen molar-refractivity contribution < 1.29 is 4.74 Å². The third-order valence-corrected chi connectivity index (χ3v) is 3.13. The summed E-state index contributed by atoms with van der Waals surface area (Å²) in [6.07, 6.45) is 0. The molecule has 0 saturated carbocycles. The number of hydrogen-bond acceptors (Lipinski definition) is 3. The van der Waals surface area contributed by atoms with Gasteiger partial charge in [0.15, 0.2) is 0 Å². The first-order valence-electron chi connectivity index (χ1n) is 8.66. The Morgan fingerprint density at radius 2 is 1.64 bits per heavy atom. The lowest BCUT2D eigenvalue weighted by atomic mass is 9.96. The highest BCUT2D eigenvalue weighted by Crippen LogP contribution is 2.31. The Labute approximate surface area is 138 Å². The van der Waals surface area contributed by atoms with Gasteiger partial charge in [-0.3, -0.25) is 0 Å². The van der Waals surface area contributed by atoms with Crippen LogP contribution >= 0.6 is 0 Å². The van der Waals surface area contributed by atoms with Crippen molar-refractivity contribution >= 4 is 5.69 Å². The summed E-state index contributed by atoms with van der Waals surface area (Å²) < 4.78 is 6.05. The zero-order valence-corrected chi connectivity index (χ0v) is 16.2. The summed E-state index contributed by atoms with van der Waals surface area (Å²) in [5, 5.41) is 6.58. The number of hydrogen-bond donors (Lipinski definition) is 2. The minimum atomic E-state index is -0.288. The van der Waals surface area contributed by atoms with Gasteiger partial charge in [-0.1, -0.05) is 45.9 Å². The van der Waals surface area contributed by atoms with E-state index in [1.807, 2.05) is 40.8 Å². The van der Waals surface area contributed by atoms with Crippen molar-refractivity contribution in [2.45, 2.75) is 67.0 Å². The normalized spacial score (nSPS) is 11.5. The molecule has 0 fully saturated rings. The molecule has 0 aliphatic carbocycles. The van der Waals surface area contributed by atoms with Crippen molar-refractivity contribution in [3.63, 3.8) is 0 Å². The lowest BCUT2D eigenvalue weighted by Gasteiger charge is -2.29. The Morgan fingerprint density at radius 1 is 1.09 bits per heavy atom. The predicted octanol–water partition coefficient (Wildman–Crippen LogP) is 5.03. The van der Waals surface area contributed by atoms with Gasteiger partial charge in [0.2, 0.25) is 0 Å². The largest absolute Gasteiger partial charge is 0.385 e. The summed E-state index contributed by atoms with van der Waals surface area (Å²) in [7, 11) is 1.95. The molecule has 1 aromatic rings. The van der Waals surface area contributed by atoms with Crippen LogP contribution in [0, 0.1) is 0 Å². The molecule has 0 aliphatic rings. The first kappa shape index (κ1) is 23.2. The Morgan fingerprint density at radius 3 is 2.14 bits per heavy atom. The van der Waals surface area contributed by atoms with E-state index in [2.05, 4.69) is 56.5 Å². The molecule has 130 valence electrons. The molecule has 0 spiro atoms. The number of anilines is 1. The van der Waals surface area contributed by atoms with Crippen LogP contribution in [0.4, 0.5) is 5.69 Å². The SMILES string of the molecule is CC.CC.CCNc1ccccc1C(C)(C)OCC(C)NC. The van der Waals surface area contributed by atoms with Crippen molar-refractivity contribution in [3.05, 3.63) is 29.8 Å². The first-order valence-corrected chi connectivity index (χ1v) is 8.66. The number of ether oxygens (including phenoxy) is 1. The fraction of sp³-hybridized carbons (Fsp3) is 0.684. The lowest BCUT2D eigenvalue weighted by molar-refractivity contribution is -0.0290. The van der Waals surface area contributed by atoms with Crippen LogP contribution in [-0.2, 0) is 10.3 Å².